The van der Waals surface area contributed by atoms with Gasteiger partial charge in [-0.2, -0.15) is 0 Å². The molecule has 1 aromatic heterocycles. The van der Waals surface area contributed by atoms with Crippen LogP contribution in [0.25, 0.3) is 0 Å². The molecule has 1 heterocycles. The van der Waals surface area contributed by atoms with Crippen LogP contribution < -0.4 is 16.2 Å². The molecule has 5 heteroatoms. The molecular formula is C22H32N4O. The van der Waals surface area contributed by atoms with Crippen molar-refractivity contribution >= 4 is 5.96 Å². The number of guanidine groups is 1. The Kier molecular flexibility index (Phi) is 8.62. The fourth-order valence-corrected chi connectivity index (χ4v) is 2.91. The number of aromatic nitrogens is 1. The fourth-order valence-electron chi connectivity index (χ4n) is 2.91. The molecule has 5 nitrogen and oxygen atoms in total. The van der Waals surface area contributed by atoms with Crippen LogP contribution in [0.5, 0.6) is 0 Å². The Morgan fingerprint density at radius 3 is 2.74 bits per heavy atom. The molecule has 0 bridgehead atoms. The van der Waals surface area contributed by atoms with Crippen molar-refractivity contribution in [3.05, 3.63) is 70.1 Å². The Hall–Kier alpha value is -2.56. The van der Waals surface area contributed by atoms with Crippen molar-refractivity contribution in [1.82, 2.24) is 15.2 Å². The number of aryl methyl sites for hydroxylation is 2. The van der Waals surface area contributed by atoms with Crippen molar-refractivity contribution in [2.24, 2.45) is 4.99 Å². The quantitative estimate of drug-likeness (QED) is 0.406. The summed E-state index contributed by atoms with van der Waals surface area (Å²) >= 11 is 0. The van der Waals surface area contributed by atoms with E-state index in [0.29, 0.717) is 5.92 Å². The molecule has 1 unspecified atom stereocenters. The molecule has 0 amide bonds. The lowest BCUT2D eigenvalue weighted by molar-refractivity contribution is 0.585. The molecule has 1 aromatic carbocycles. The van der Waals surface area contributed by atoms with E-state index in [9.17, 15) is 4.79 Å². The predicted octanol–water partition coefficient (Wildman–Crippen LogP) is 3.30. The number of benzene rings is 1. The maximum atomic E-state index is 11.7. The zero-order valence-corrected chi connectivity index (χ0v) is 16.7. The first-order valence-electron chi connectivity index (χ1n) is 9.84. The molecule has 0 spiro atoms. The molecule has 0 saturated carbocycles. The smallest absolute Gasteiger partial charge is 0.250 e. The largest absolute Gasteiger partial charge is 0.357 e. The van der Waals surface area contributed by atoms with Gasteiger partial charge in [-0.25, -0.2) is 0 Å². The Labute approximate surface area is 162 Å². The van der Waals surface area contributed by atoms with E-state index in [1.165, 1.54) is 11.1 Å². The van der Waals surface area contributed by atoms with E-state index in [1.807, 2.05) is 12.3 Å². The van der Waals surface area contributed by atoms with Crippen LogP contribution in [0.1, 0.15) is 43.7 Å². The minimum Gasteiger partial charge on any atom is -0.357 e. The summed E-state index contributed by atoms with van der Waals surface area (Å²) in [6.45, 7) is 9.57. The summed E-state index contributed by atoms with van der Waals surface area (Å²) in [7, 11) is 0. The average molecular weight is 369 g/mol. The van der Waals surface area contributed by atoms with Crippen molar-refractivity contribution in [2.45, 2.75) is 46.1 Å². The van der Waals surface area contributed by atoms with Gasteiger partial charge in [0.15, 0.2) is 5.96 Å². The zero-order valence-electron chi connectivity index (χ0n) is 16.7. The SMILES string of the molecule is CCNC(=NCC(C)c1cccc(C)c1)NCCCCn1ccccc1=O. The molecule has 0 aliphatic rings. The molecule has 0 aliphatic heterocycles. The first-order valence-corrected chi connectivity index (χ1v) is 9.84. The van der Waals surface area contributed by atoms with E-state index in [4.69, 9.17) is 4.99 Å². The van der Waals surface area contributed by atoms with E-state index >= 15 is 0 Å². The highest BCUT2D eigenvalue weighted by molar-refractivity contribution is 5.79. The van der Waals surface area contributed by atoms with Gasteiger partial charge in [-0.1, -0.05) is 42.8 Å². The summed E-state index contributed by atoms with van der Waals surface area (Å²) < 4.78 is 1.75. The van der Waals surface area contributed by atoms with Crippen LogP contribution in [-0.2, 0) is 6.54 Å². The number of nitrogens with zero attached hydrogens (tertiary/aromatic N) is 2. The van der Waals surface area contributed by atoms with Crippen LogP contribution in [0.3, 0.4) is 0 Å². The van der Waals surface area contributed by atoms with Gasteiger partial charge in [0.2, 0.25) is 5.56 Å². The Balaban J connectivity index is 1.77. The van der Waals surface area contributed by atoms with E-state index in [0.717, 1.165) is 45.0 Å². The summed E-state index contributed by atoms with van der Waals surface area (Å²) in [5.41, 5.74) is 2.67. The van der Waals surface area contributed by atoms with Gasteiger partial charge < -0.3 is 15.2 Å². The number of unbranched alkanes of at least 4 members (excludes halogenated alkanes) is 1. The van der Waals surface area contributed by atoms with Crippen molar-refractivity contribution in [3.63, 3.8) is 0 Å². The fraction of sp³-hybridized carbons (Fsp3) is 0.455. The second-order valence-electron chi connectivity index (χ2n) is 6.90. The van der Waals surface area contributed by atoms with Gasteiger partial charge in [0.05, 0.1) is 0 Å². The molecule has 2 rings (SSSR count). The molecule has 0 aliphatic carbocycles. The maximum Gasteiger partial charge on any atom is 0.250 e. The van der Waals surface area contributed by atoms with Crippen molar-refractivity contribution in [3.8, 4) is 0 Å². The molecule has 27 heavy (non-hydrogen) atoms. The van der Waals surface area contributed by atoms with E-state index < -0.39 is 0 Å². The molecule has 0 saturated heterocycles. The van der Waals surface area contributed by atoms with Gasteiger partial charge in [0.25, 0.3) is 0 Å². The monoisotopic (exact) mass is 368 g/mol. The summed E-state index contributed by atoms with van der Waals surface area (Å²) in [6, 6.07) is 13.9. The molecular weight excluding hydrogens is 336 g/mol. The van der Waals surface area contributed by atoms with Crippen molar-refractivity contribution in [2.75, 3.05) is 19.6 Å². The third-order valence-corrected chi connectivity index (χ3v) is 4.50. The van der Waals surface area contributed by atoms with Crippen molar-refractivity contribution < 1.29 is 0 Å². The summed E-state index contributed by atoms with van der Waals surface area (Å²) in [5.74, 6) is 1.24. The van der Waals surface area contributed by atoms with E-state index in [1.54, 1.807) is 16.7 Å². The molecule has 2 aromatic rings. The zero-order chi connectivity index (χ0) is 19.5. The molecule has 0 radical (unpaired) electrons. The Morgan fingerprint density at radius 1 is 1.15 bits per heavy atom. The topological polar surface area (TPSA) is 58.4 Å². The third kappa shape index (κ3) is 7.29. The number of nitrogens with one attached hydrogen (secondary N) is 2. The lowest BCUT2D eigenvalue weighted by Gasteiger charge is -2.14. The second-order valence-corrected chi connectivity index (χ2v) is 6.90. The highest BCUT2D eigenvalue weighted by Gasteiger charge is 2.06. The van der Waals surface area contributed by atoms with E-state index in [-0.39, 0.29) is 5.56 Å². The van der Waals surface area contributed by atoms with Crippen LogP contribution in [0.15, 0.2) is 58.4 Å². The lowest BCUT2D eigenvalue weighted by atomic mass is 10.00. The number of hydrogen-bond donors (Lipinski definition) is 2. The minimum absolute atomic E-state index is 0.0606. The number of pyridine rings is 1. The third-order valence-electron chi connectivity index (χ3n) is 4.50. The van der Waals surface area contributed by atoms with Crippen LogP contribution in [0.2, 0.25) is 0 Å². The molecule has 1 atom stereocenters. The van der Waals surface area contributed by atoms with Gasteiger partial charge in [-0.3, -0.25) is 9.79 Å². The first-order chi connectivity index (χ1) is 13.1. The van der Waals surface area contributed by atoms with Gasteiger partial charge in [0, 0.05) is 44.4 Å². The normalized spacial score (nSPS) is 12.6. The van der Waals surface area contributed by atoms with E-state index in [2.05, 4.69) is 55.7 Å². The molecule has 0 fully saturated rings. The summed E-state index contributed by atoms with van der Waals surface area (Å²) in [5, 5.41) is 6.69. The minimum atomic E-state index is 0.0606. The van der Waals surface area contributed by atoms with Crippen LogP contribution in [0, 0.1) is 6.92 Å². The standard InChI is InChI=1S/C22H32N4O/c1-4-23-22(25-17-19(3)20-11-9-10-18(2)16-20)24-13-6-8-15-26-14-7-5-12-21(26)27/h5,7,9-12,14,16,19H,4,6,8,13,15,17H2,1-3H3,(H2,23,24,25). The second kappa shape index (κ2) is 11.2. The van der Waals surface area contributed by atoms with Crippen LogP contribution in [0.4, 0.5) is 0 Å². The number of rotatable bonds is 9. The van der Waals surface area contributed by atoms with Crippen LogP contribution in [-0.4, -0.2) is 30.2 Å². The summed E-state index contributed by atoms with van der Waals surface area (Å²) in [4.78, 5) is 16.4. The van der Waals surface area contributed by atoms with Crippen molar-refractivity contribution in [1.29, 1.82) is 0 Å². The lowest BCUT2D eigenvalue weighted by Crippen LogP contribution is -2.38. The number of aliphatic imine (C=N–C) groups is 1. The Morgan fingerprint density at radius 2 is 2.00 bits per heavy atom. The molecule has 2 N–H and O–H groups in total. The predicted molar refractivity (Wildman–Crippen MR) is 114 cm³/mol. The maximum absolute atomic E-state index is 11.7. The van der Waals surface area contributed by atoms with Gasteiger partial charge in [-0.15, -0.1) is 0 Å². The average Bonchev–Trinajstić information content (AvgIpc) is 2.66. The highest BCUT2D eigenvalue weighted by atomic mass is 16.1. The molecule has 146 valence electrons. The van der Waals surface area contributed by atoms with Gasteiger partial charge in [-0.05, 0) is 38.3 Å². The summed E-state index contributed by atoms with van der Waals surface area (Å²) in [6.07, 6.45) is 3.78. The Bertz CT molecular complexity index is 782. The van der Waals surface area contributed by atoms with Gasteiger partial charge >= 0.3 is 0 Å². The highest BCUT2D eigenvalue weighted by Crippen LogP contribution is 2.16. The number of hydrogen-bond acceptors (Lipinski definition) is 2. The van der Waals surface area contributed by atoms with Crippen LogP contribution >= 0.6 is 0 Å². The van der Waals surface area contributed by atoms with Gasteiger partial charge in [0.1, 0.15) is 0 Å². The first kappa shape index (κ1) is 20.7.